The molecular formula is C10H20O6Si2. The predicted octanol–water partition coefficient (Wildman–Crippen LogP) is 1.10. The second-order valence-electron chi connectivity index (χ2n) is 4.54. The third-order valence-corrected chi connectivity index (χ3v) is 6.86. The van der Waals surface area contributed by atoms with Gasteiger partial charge < -0.3 is 13.3 Å². The van der Waals surface area contributed by atoms with Gasteiger partial charge in [0.25, 0.3) is 17.9 Å². The lowest BCUT2D eigenvalue weighted by Crippen LogP contribution is -2.36. The molecule has 0 aromatic rings. The quantitative estimate of drug-likeness (QED) is 0.682. The van der Waals surface area contributed by atoms with Crippen LogP contribution < -0.4 is 0 Å². The summed E-state index contributed by atoms with van der Waals surface area (Å²) in [7, 11) is -4.48. The van der Waals surface area contributed by atoms with Crippen molar-refractivity contribution < 1.29 is 27.7 Å². The minimum Gasteiger partial charge on any atom is -0.520 e. The van der Waals surface area contributed by atoms with E-state index in [0.717, 1.165) is 0 Å². The highest BCUT2D eigenvalue weighted by molar-refractivity contribution is 6.73. The van der Waals surface area contributed by atoms with Crippen LogP contribution in [-0.2, 0) is 27.7 Å². The molecule has 8 heteroatoms. The molecule has 6 nitrogen and oxygen atoms in total. The van der Waals surface area contributed by atoms with Gasteiger partial charge in [0.15, 0.2) is 0 Å². The van der Waals surface area contributed by atoms with Crippen LogP contribution in [-0.4, -0.2) is 35.5 Å². The van der Waals surface area contributed by atoms with Crippen molar-refractivity contribution in [3.05, 3.63) is 0 Å². The molecule has 0 rings (SSSR count). The Morgan fingerprint density at radius 1 is 0.944 bits per heavy atom. The summed E-state index contributed by atoms with van der Waals surface area (Å²) < 4.78 is 15.2. The van der Waals surface area contributed by atoms with E-state index >= 15 is 0 Å². The molecule has 0 atom stereocenters. The first-order valence-electron chi connectivity index (χ1n) is 5.66. The molecule has 0 saturated carbocycles. The van der Waals surface area contributed by atoms with Crippen LogP contribution >= 0.6 is 0 Å². The maximum absolute atomic E-state index is 10.9. The topological polar surface area (TPSA) is 78.9 Å². The van der Waals surface area contributed by atoms with Gasteiger partial charge in [0, 0.05) is 26.8 Å². The number of hydrogen-bond acceptors (Lipinski definition) is 6. The van der Waals surface area contributed by atoms with Gasteiger partial charge in [-0.2, -0.15) is 0 Å². The second kappa shape index (κ2) is 7.32. The van der Waals surface area contributed by atoms with Gasteiger partial charge in [0.2, 0.25) is 8.32 Å². The van der Waals surface area contributed by atoms with Gasteiger partial charge in [-0.15, -0.1) is 0 Å². The van der Waals surface area contributed by atoms with Crippen molar-refractivity contribution in [1.29, 1.82) is 0 Å². The Labute approximate surface area is 110 Å². The summed E-state index contributed by atoms with van der Waals surface area (Å²) >= 11 is 0. The molecule has 0 aliphatic heterocycles. The summed E-state index contributed by atoms with van der Waals surface area (Å²) in [5.41, 5.74) is 0. The van der Waals surface area contributed by atoms with Crippen molar-refractivity contribution in [1.82, 2.24) is 0 Å². The highest BCUT2D eigenvalue weighted by atomic mass is 28.4. The lowest BCUT2D eigenvalue weighted by molar-refractivity contribution is -0.138. The van der Waals surface area contributed by atoms with Gasteiger partial charge in [0.05, 0.1) is 0 Å². The van der Waals surface area contributed by atoms with Gasteiger partial charge in [-0.25, -0.2) is 0 Å². The van der Waals surface area contributed by atoms with Gasteiger partial charge >= 0.3 is 9.28 Å². The Kier molecular flexibility index (Phi) is 6.85. The third-order valence-electron chi connectivity index (χ3n) is 2.00. The molecule has 0 N–H and O–H groups in total. The molecule has 0 aromatic carbocycles. The Hall–Kier alpha value is -1.16. The zero-order valence-electron chi connectivity index (χ0n) is 11.4. The van der Waals surface area contributed by atoms with E-state index in [0.29, 0.717) is 12.1 Å². The van der Waals surface area contributed by atoms with Crippen LogP contribution in [0.15, 0.2) is 0 Å². The molecule has 0 aliphatic rings. The van der Waals surface area contributed by atoms with Crippen LogP contribution in [0, 0.1) is 0 Å². The summed E-state index contributed by atoms with van der Waals surface area (Å²) in [6, 6.07) is 1.07. The standard InChI is InChI=1S/C10H20O6Si2/c1-8(11)14-17(15-9(2)12)6-7-18(4,5)16-10(3)13/h17H,6-7H2,1-5H3. The summed E-state index contributed by atoms with van der Waals surface area (Å²) in [5.74, 6) is -1.23. The first-order chi connectivity index (χ1) is 8.12. The van der Waals surface area contributed by atoms with Crippen LogP contribution in [0.4, 0.5) is 0 Å². The van der Waals surface area contributed by atoms with Crippen molar-refractivity contribution in [3.8, 4) is 0 Å². The predicted molar refractivity (Wildman–Crippen MR) is 69.5 cm³/mol. The molecule has 0 heterocycles. The minimum absolute atomic E-state index is 0.315. The molecule has 0 bridgehead atoms. The Morgan fingerprint density at radius 2 is 1.39 bits per heavy atom. The molecular weight excluding hydrogens is 272 g/mol. The smallest absolute Gasteiger partial charge is 0.447 e. The monoisotopic (exact) mass is 292 g/mol. The Morgan fingerprint density at radius 3 is 1.72 bits per heavy atom. The number of hydrogen-bond donors (Lipinski definition) is 0. The van der Waals surface area contributed by atoms with Gasteiger partial charge in [-0.05, 0) is 19.1 Å². The lowest BCUT2D eigenvalue weighted by Gasteiger charge is -2.23. The average molecular weight is 292 g/mol. The van der Waals surface area contributed by atoms with E-state index in [1.54, 1.807) is 0 Å². The number of carbonyl (C=O) groups excluding carboxylic acids is 3. The van der Waals surface area contributed by atoms with Crippen LogP contribution in [0.2, 0.25) is 25.2 Å². The lowest BCUT2D eigenvalue weighted by atomic mass is 10.9. The van der Waals surface area contributed by atoms with E-state index in [4.69, 9.17) is 13.3 Å². The molecule has 0 fully saturated rings. The van der Waals surface area contributed by atoms with Crippen molar-refractivity contribution in [2.24, 2.45) is 0 Å². The van der Waals surface area contributed by atoms with Crippen molar-refractivity contribution >= 4 is 35.5 Å². The molecule has 0 spiro atoms. The summed E-state index contributed by atoms with van der Waals surface area (Å²) in [4.78, 5) is 32.7. The van der Waals surface area contributed by atoms with E-state index in [1.807, 2.05) is 13.1 Å². The second-order valence-corrected chi connectivity index (χ2v) is 10.7. The molecule has 0 unspecified atom stereocenters. The molecule has 104 valence electrons. The highest BCUT2D eigenvalue weighted by Gasteiger charge is 2.30. The molecule has 0 amide bonds. The van der Waals surface area contributed by atoms with E-state index < -0.39 is 29.5 Å². The van der Waals surface area contributed by atoms with Gasteiger partial charge in [-0.1, -0.05) is 0 Å². The van der Waals surface area contributed by atoms with Crippen molar-refractivity contribution in [2.75, 3.05) is 0 Å². The summed E-state index contributed by atoms with van der Waals surface area (Å²) in [6.07, 6.45) is 0. The SMILES string of the molecule is CC(=O)O[SiH](CC[Si](C)(C)OC(C)=O)OC(C)=O. The van der Waals surface area contributed by atoms with Crippen LogP contribution in [0.1, 0.15) is 20.8 Å². The van der Waals surface area contributed by atoms with Gasteiger partial charge in [0.1, 0.15) is 0 Å². The average Bonchev–Trinajstić information content (AvgIpc) is 2.10. The maximum Gasteiger partial charge on any atom is 0.447 e. The zero-order valence-corrected chi connectivity index (χ0v) is 13.6. The molecule has 0 aliphatic carbocycles. The fourth-order valence-electron chi connectivity index (χ4n) is 1.42. The van der Waals surface area contributed by atoms with E-state index in [1.165, 1.54) is 20.8 Å². The van der Waals surface area contributed by atoms with E-state index in [2.05, 4.69) is 0 Å². The van der Waals surface area contributed by atoms with Crippen LogP contribution in [0.3, 0.4) is 0 Å². The summed E-state index contributed by atoms with van der Waals surface area (Å²) in [5, 5.41) is 0. The molecule has 0 saturated heterocycles. The largest absolute Gasteiger partial charge is 0.520 e. The van der Waals surface area contributed by atoms with E-state index in [9.17, 15) is 14.4 Å². The van der Waals surface area contributed by atoms with Gasteiger partial charge in [-0.3, -0.25) is 14.4 Å². The van der Waals surface area contributed by atoms with Crippen LogP contribution in [0.5, 0.6) is 0 Å². The zero-order chi connectivity index (χ0) is 14.3. The minimum atomic E-state index is -2.35. The number of rotatable bonds is 6. The van der Waals surface area contributed by atoms with E-state index in [-0.39, 0.29) is 5.97 Å². The van der Waals surface area contributed by atoms with Crippen molar-refractivity contribution in [3.63, 3.8) is 0 Å². The Bertz CT molecular complexity index is 312. The van der Waals surface area contributed by atoms with Crippen molar-refractivity contribution in [2.45, 2.75) is 46.0 Å². The first kappa shape index (κ1) is 16.8. The fraction of sp³-hybridized carbons (Fsp3) is 0.700. The first-order valence-corrected chi connectivity index (χ1v) is 10.5. The number of carbonyl (C=O) groups is 3. The molecule has 0 radical (unpaired) electrons. The third kappa shape index (κ3) is 8.93. The molecule has 18 heavy (non-hydrogen) atoms. The fourth-order valence-corrected chi connectivity index (χ4v) is 7.05. The van der Waals surface area contributed by atoms with Crippen LogP contribution in [0.25, 0.3) is 0 Å². The Balaban J connectivity index is 4.36. The maximum atomic E-state index is 10.9. The summed E-state index contributed by atoms with van der Waals surface area (Å²) in [6.45, 7) is 7.70. The molecule has 0 aromatic heterocycles. The highest BCUT2D eigenvalue weighted by Crippen LogP contribution is 2.17. The normalized spacial score (nSPS) is 11.0.